The van der Waals surface area contributed by atoms with Gasteiger partial charge in [0.25, 0.3) is 0 Å². The van der Waals surface area contributed by atoms with Crippen LogP contribution in [0, 0.1) is 0 Å². The molecule has 0 amide bonds. The van der Waals surface area contributed by atoms with Crippen molar-refractivity contribution in [1.82, 2.24) is 9.55 Å². The Hall–Kier alpha value is -2.35. The molecule has 2 heterocycles. The Kier molecular flexibility index (Phi) is 2.92. The van der Waals surface area contributed by atoms with Gasteiger partial charge < -0.3 is 4.57 Å². The van der Waals surface area contributed by atoms with E-state index < -0.39 is 0 Å². The lowest BCUT2D eigenvalue weighted by Gasteiger charge is -2.09. The molecule has 0 aliphatic carbocycles. The lowest BCUT2D eigenvalue weighted by molar-refractivity contribution is 0.954. The molecule has 0 atom stereocenters. The highest BCUT2D eigenvalue weighted by Crippen LogP contribution is 2.15. The second kappa shape index (κ2) is 4.88. The Bertz CT molecular complexity index is 612. The molecule has 2 nitrogen and oxygen atoms in total. The maximum atomic E-state index is 4.16. The van der Waals surface area contributed by atoms with Gasteiger partial charge in [0, 0.05) is 36.4 Å². The monoisotopic (exact) mass is 234 g/mol. The van der Waals surface area contributed by atoms with Crippen molar-refractivity contribution >= 4 is 0 Å². The molecule has 0 bridgehead atoms. The van der Waals surface area contributed by atoms with Crippen molar-refractivity contribution in [1.29, 1.82) is 0 Å². The SMILES string of the molecule is c1ccc(-n2cccc2Cc2cccnc2)cc1. The van der Waals surface area contributed by atoms with Crippen LogP contribution in [-0.4, -0.2) is 9.55 Å². The van der Waals surface area contributed by atoms with Gasteiger partial charge in [-0.1, -0.05) is 24.3 Å². The molecule has 1 aromatic carbocycles. The summed E-state index contributed by atoms with van der Waals surface area (Å²) in [6, 6.07) is 18.7. The second-order valence-corrected chi connectivity index (χ2v) is 4.24. The lowest BCUT2D eigenvalue weighted by atomic mass is 10.1. The summed E-state index contributed by atoms with van der Waals surface area (Å²) in [6.07, 6.45) is 6.72. The van der Waals surface area contributed by atoms with Crippen LogP contribution in [0.3, 0.4) is 0 Å². The van der Waals surface area contributed by atoms with Gasteiger partial charge in [0.05, 0.1) is 0 Å². The summed E-state index contributed by atoms with van der Waals surface area (Å²) in [5.74, 6) is 0. The molecule has 0 unspecified atom stereocenters. The maximum Gasteiger partial charge on any atom is 0.0452 e. The second-order valence-electron chi connectivity index (χ2n) is 4.24. The quantitative estimate of drug-likeness (QED) is 0.678. The van der Waals surface area contributed by atoms with E-state index in [1.165, 1.54) is 16.9 Å². The zero-order chi connectivity index (χ0) is 12.2. The van der Waals surface area contributed by atoms with Crippen LogP contribution in [0.25, 0.3) is 5.69 Å². The van der Waals surface area contributed by atoms with Crippen LogP contribution >= 0.6 is 0 Å². The number of aromatic nitrogens is 2. The summed E-state index contributed by atoms with van der Waals surface area (Å²) < 4.78 is 2.22. The summed E-state index contributed by atoms with van der Waals surface area (Å²) in [5, 5.41) is 0. The van der Waals surface area contributed by atoms with Crippen molar-refractivity contribution in [3.63, 3.8) is 0 Å². The topological polar surface area (TPSA) is 17.8 Å². The molecular weight excluding hydrogens is 220 g/mol. The molecule has 0 N–H and O–H groups in total. The van der Waals surface area contributed by atoms with Gasteiger partial charge >= 0.3 is 0 Å². The third-order valence-electron chi connectivity index (χ3n) is 2.98. The first-order valence-electron chi connectivity index (χ1n) is 6.04. The first-order chi connectivity index (χ1) is 8.93. The van der Waals surface area contributed by atoms with Gasteiger partial charge in [0.2, 0.25) is 0 Å². The number of pyridine rings is 1. The molecule has 18 heavy (non-hydrogen) atoms. The third kappa shape index (κ3) is 2.18. The molecule has 0 aliphatic heterocycles. The van der Waals surface area contributed by atoms with Gasteiger partial charge in [-0.15, -0.1) is 0 Å². The molecule has 0 aliphatic rings. The summed E-state index contributed by atoms with van der Waals surface area (Å²) in [5.41, 5.74) is 3.70. The largest absolute Gasteiger partial charge is 0.321 e. The first kappa shape index (κ1) is 10.8. The Morgan fingerprint density at radius 1 is 0.889 bits per heavy atom. The van der Waals surface area contributed by atoms with Crippen molar-refractivity contribution in [2.75, 3.05) is 0 Å². The van der Waals surface area contributed by atoms with E-state index in [0.717, 1.165) is 6.42 Å². The number of para-hydroxylation sites is 1. The van der Waals surface area contributed by atoms with Crippen molar-refractivity contribution in [3.05, 3.63) is 84.4 Å². The lowest BCUT2D eigenvalue weighted by Crippen LogP contribution is -1.99. The molecule has 0 fully saturated rings. The first-order valence-corrected chi connectivity index (χ1v) is 6.04. The average molecular weight is 234 g/mol. The molecule has 0 saturated heterocycles. The van der Waals surface area contributed by atoms with Crippen LogP contribution in [0.15, 0.2) is 73.2 Å². The molecule has 3 rings (SSSR count). The maximum absolute atomic E-state index is 4.16. The van der Waals surface area contributed by atoms with Gasteiger partial charge in [-0.2, -0.15) is 0 Å². The Balaban J connectivity index is 1.93. The summed E-state index contributed by atoms with van der Waals surface area (Å²) in [6.45, 7) is 0. The van der Waals surface area contributed by atoms with Crippen molar-refractivity contribution in [3.8, 4) is 5.69 Å². The fourth-order valence-electron chi connectivity index (χ4n) is 2.11. The molecule has 88 valence electrons. The number of hydrogen-bond donors (Lipinski definition) is 0. The fraction of sp³-hybridized carbons (Fsp3) is 0.0625. The van der Waals surface area contributed by atoms with E-state index in [1.54, 1.807) is 6.20 Å². The zero-order valence-electron chi connectivity index (χ0n) is 10.0. The minimum atomic E-state index is 0.899. The van der Waals surface area contributed by atoms with Gasteiger partial charge in [-0.25, -0.2) is 0 Å². The van der Waals surface area contributed by atoms with Crippen molar-refractivity contribution in [2.24, 2.45) is 0 Å². The van der Waals surface area contributed by atoms with Crippen LogP contribution in [0.1, 0.15) is 11.3 Å². The van der Waals surface area contributed by atoms with E-state index in [4.69, 9.17) is 0 Å². The van der Waals surface area contributed by atoms with Crippen LogP contribution in [0.5, 0.6) is 0 Å². The number of rotatable bonds is 3. The summed E-state index contributed by atoms with van der Waals surface area (Å²) in [4.78, 5) is 4.16. The highest BCUT2D eigenvalue weighted by Gasteiger charge is 2.03. The molecule has 2 heteroatoms. The van der Waals surface area contributed by atoms with Crippen LogP contribution in [0.2, 0.25) is 0 Å². The van der Waals surface area contributed by atoms with Gasteiger partial charge in [0.15, 0.2) is 0 Å². The van der Waals surface area contributed by atoms with Crippen LogP contribution in [-0.2, 0) is 6.42 Å². The highest BCUT2D eigenvalue weighted by molar-refractivity contribution is 5.36. The van der Waals surface area contributed by atoms with E-state index in [1.807, 2.05) is 18.3 Å². The van der Waals surface area contributed by atoms with Gasteiger partial charge in [0.1, 0.15) is 0 Å². The number of hydrogen-bond acceptors (Lipinski definition) is 1. The Morgan fingerprint density at radius 2 is 1.78 bits per heavy atom. The summed E-state index contributed by atoms with van der Waals surface area (Å²) in [7, 11) is 0. The predicted octanol–water partition coefficient (Wildman–Crippen LogP) is 3.46. The van der Waals surface area contributed by atoms with E-state index in [0.29, 0.717) is 0 Å². The number of nitrogens with zero attached hydrogens (tertiary/aromatic N) is 2. The molecule has 0 spiro atoms. The average Bonchev–Trinajstić information content (AvgIpc) is 2.89. The third-order valence-corrected chi connectivity index (χ3v) is 2.98. The van der Waals surface area contributed by atoms with E-state index >= 15 is 0 Å². The van der Waals surface area contributed by atoms with Crippen LogP contribution < -0.4 is 0 Å². The minimum Gasteiger partial charge on any atom is -0.321 e. The number of benzene rings is 1. The summed E-state index contributed by atoms with van der Waals surface area (Å²) >= 11 is 0. The van der Waals surface area contributed by atoms with E-state index in [9.17, 15) is 0 Å². The van der Waals surface area contributed by atoms with Crippen molar-refractivity contribution < 1.29 is 0 Å². The minimum absolute atomic E-state index is 0.899. The van der Waals surface area contributed by atoms with E-state index in [-0.39, 0.29) is 0 Å². The zero-order valence-corrected chi connectivity index (χ0v) is 10.0. The van der Waals surface area contributed by atoms with Crippen LogP contribution in [0.4, 0.5) is 0 Å². The highest BCUT2D eigenvalue weighted by atomic mass is 15.0. The fourth-order valence-corrected chi connectivity index (χ4v) is 2.11. The van der Waals surface area contributed by atoms with Gasteiger partial charge in [-0.05, 0) is 35.9 Å². The molecule has 0 radical (unpaired) electrons. The molecular formula is C16H14N2. The normalized spacial score (nSPS) is 10.4. The molecule has 3 aromatic rings. The molecule has 0 saturated carbocycles. The predicted molar refractivity (Wildman–Crippen MR) is 72.8 cm³/mol. The Labute approximate surface area is 107 Å². The van der Waals surface area contributed by atoms with Crippen molar-refractivity contribution in [2.45, 2.75) is 6.42 Å². The van der Waals surface area contributed by atoms with E-state index in [2.05, 4.69) is 58.2 Å². The Morgan fingerprint density at radius 3 is 2.56 bits per heavy atom. The van der Waals surface area contributed by atoms with Gasteiger partial charge in [-0.3, -0.25) is 4.98 Å². The molecule has 2 aromatic heterocycles. The smallest absolute Gasteiger partial charge is 0.0452 e. The standard InChI is InChI=1S/C16H14N2/c1-2-7-15(8-3-1)18-11-5-9-16(18)12-14-6-4-10-17-13-14/h1-11,13H,12H2.